The van der Waals surface area contributed by atoms with Gasteiger partial charge in [0.1, 0.15) is 17.1 Å². The minimum Gasteiger partial charge on any atom is -0.473 e. The number of fused-ring (bicyclic) bond motifs is 1. The van der Waals surface area contributed by atoms with E-state index in [4.69, 9.17) is 10.5 Å². The van der Waals surface area contributed by atoms with Crippen LogP contribution in [0.4, 0.5) is 0 Å². The van der Waals surface area contributed by atoms with Crippen LogP contribution >= 0.6 is 11.3 Å². The number of hydrogen-bond donors (Lipinski definition) is 1. The van der Waals surface area contributed by atoms with E-state index < -0.39 is 0 Å². The molecular weight excluding hydrogens is 246 g/mol. The lowest BCUT2D eigenvalue weighted by atomic mass is 9.94. The molecule has 2 aromatic heterocycles. The van der Waals surface area contributed by atoms with Crippen LogP contribution in [0, 0.1) is 6.92 Å². The van der Waals surface area contributed by atoms with Gasteiger partial charge in [0.2, 0.25) is 5.88 Å². The summed E-state index contributed by atoms with van der Waals surface area (Å²) in [7, 11) is 0. The molecule has 0 unspecified atom stereocenters. The zero-order valence-electron chi connectivity index (χ0n) is 10.4. The number of aryl methyl sites for hydroxylation is 1. The molecule has 1 aliphatic rings. The Kier molecular flexibility index (Phi) is 3.18. The van der Waals surface area contributed by atoms with E-state index in [0.29, 0.717) is 6.04 Å². The van der Waals surface area contributed by atoms with Crippen LogP contribution in [0.15, 0.2) is 11.7 Å². The molecule has 96 valence electrons. The molecule has 0 spiro atoms. The van der Waals surface area contributed by atoms with Crippen molar-refractivity contribution in [3.05, 3.63) is 17.3 Å². The fourth-order valence-electron chi connectivity index (χ4n) is 2.40. The van der Waals surface area contributed by atoms with Crippen LogP contribution < -0.4 is 10.5 Å². The first-order valence-corrected chi connectivity index (χ1v) is 7.23. The highest BCUT2D eigenvalue weighted by atomic mass is 32.1. The molecule has 0 aromatic carbocycles. The van der Waals surface area contributed by atoms with Crippen LogP contribution in [0.1, 0.15) is 31.2 Å². The molecule has 0 saturated heterocycles. The Morgan fingerprint density at radius 1 is 1.28 bits per heavy atom. The molecule has 0 radical (unpaired) electrons. The van der Waals surface area contributed by atoms with Crippen molar-refractivity contribution in [1.29, 1.82) is 0 Å². The molecule has 4 nitrogen and oxygen atoms in total. The number of nitrogens with zero attached hydrogens (tertiary/aromatic N) is 2. The fraction of sp³-hybridized carbons (Fsp3) is 0.538. The predicted molar refractivity (Wildman–Crippen MR) is 73.0 cm³/mol. The number of ether oxygens (including phenoxy) is 1. The molecular formula is C13H17N3OS. The van der Waals surface area contributed by atoms with Crippen molar-refractivity contribution in [3.63, 3.8) is 0 Å². The van der Waals surface area contributed by atoms with Gasteiger partial charge in [-0.2, -0.15) is 0 Å². The number of nitrogens with two attached hydrogens (primary N) is 1. The van der Waals surface area contributed by atoms with E-state index in [0.717, 1.165) is 41.8 Å². The highest BCUT2D eigenvalue weighted by Gasteiger charge is 2.21. The van der Waals surface area contributed by atoms with E-state index >= 15 is 0 Å². The maximum Gasteiger partial charge on any atom is 0.235 e. The summed E-state index contributed by atoms with van der Waals surface area (Å²) in [6.45, 7) is 2.06. The third kappa shape index (κ3) is 2.20. The van der Waals surface area contributed by atoms with Crippen molar-refractivity contribution in [1.82, 2.24) is 9.97 Å². The molecule has 2 aromatic rings. The topological polar surface area (TPSA) is 61.0 Å². The van der Waals surface area contributed by atoms with Crippen molar-refractivity contribution in [3.8, 4) is 5.88 Å². The monoisotopic (exact) mass is 263 g/mol. The molecule has 0 bridgehead atoms. The van der Waals surface area contributed by atoms with E-state index in [1.54, 1.807) is 17.7 Å². The Bertz CT molecular complexity index is 546. The van der Waals surface area contributed by atoms with Crippen LogP contribution in [-0.4, -0.2) is 22.1 Å². The normalized spacial score (nSPS) is 24.3. The number of aromatic nitrogens is 2. The van der Waals surface area contributed by atoms with Crippen molar-refractivity contribution in [2.45, 2.75) is 44.8 Å². The summed E-state index contributed by atoms with van der Waals surface area (Å²) >= 11 is 1.65. The average molecular weight is 263 g/mol. The third-order valence-corrected chi connectivity index (χ3v) is 4.57. The predicted octanol–water partition coefficient (Wildman–Crippen LogP) is 2.65. The standard InChI is InChI=1S/C13H17N3OS/c1-8-6-18-12-11(8)15-7-16-13(12)17-10-4-2-9(14)3-5-10/h6-7,9-10H,2-5,14H2,1H3. The zero-order valence-corrected chi connectivity index (χ0v) is 11.2. The van der Waals surface area contributed by atoms with E-state index in [1.807, 2.05) is 0 Å². The van der Waals surface area contributed by atoms with Gasteiger partial charge in [-0.15, -0.1) is 11.3 Å². The number of hydrogen-bond acceptors (Lipinski definition) is 5. The second-order valence-electron chi connectivity index (χ2n) is 4.93. The quantitative estimate of drug-likeness (QED) is 0.904. The number of rotatable bonds is 2. The molecule has 0 aliphatic heterocycles. The summed E-state index contributed by atoms with van der Waals surface area (Å²) in [6, 6.07) is 0.347. The highest BCUT2D eigenvalue weighted by molar-refractivity contribution is 7.17. The lowest BCUT2D eigenvalue weighted by molar-refractivity contribution is 0.143. The maximum absolute atomic E-state index is 6.03. The Morgan fingerprint density at radius 2 is 2.06 bits per heavy atom. The fourth-order valence-corrected chi connectivity index (χ4v) is 3.33. The second kappa shape index (κ2) is 4.82. The van der Waals surface area contributed by atoms with Gasteiger partial charge in [0.15, 0.2) is 0 Å². The van der Waals surface area contributed by atoms with Crippen LogP contribution in [0.3, 0.4) is 0 Å². The van der Waals surface area contributed by atoms with Gasteiger partial charge in [-0.3, -0.25) is 0 Å². The largest absolute Gasteiger partial charge is 0.473 e. The number of thiophene rings is 1. The molecule has 5 heteroatoms. The van der Waals surface area contributed by atoms with Crippen molar-refractivity contribution < 1.29 is 4.74 Å². The van der Waals surface area contributed by atoms with Gasteiger partial charge in [0.05, 0.1) is 5.52 Å². The van der Waals surface area contributed by atoms with Crippen LogP contribution in [0.2, 0.25) is 0 Å². The summed E-state index contributed by atoms with van der Waals surface area (Å²) < 4.78 is 7.09. The lowest BCUT2D eigenvalue weighted by Gasteiger charge is -2.26. The van der Waals surface area contributed by atoms with Crippen LogP contribution in [0.25, 0.3) is 10.2 Å². The molecule has 0 atom stereocenters. The molecule has 1 fully saturated rings. The average Bonchev–Trinajstić information content (AvgIpc) is 2.76. The minimum absolute atomic E-state index is 0.255. The first kappa shape index (κ1) is 11.9. The first-order chi connectivity index (χ1) is 8.74. The Morgan fingerprint density at radius 3 is 2.83 bits per heavy atom. The van der Waals surface area contributed by atoms with E-state index in [2.05, 4.69) is 22.3 Å². The van der Waals surface area contributed by atoms with Gasteiger partial charge in [0.25, 0.3) is 0 Å². The van der Waals surface area contributed by atoms with E-state index in [9.17, 15) is 0 Å². The van der Waals surface area contributed by atoms with Gasteiger partial charge in [0, 0.05) is 6.04 Å². The summed E-state index contributed by atoms with van der Waals surface area (Å²) in [5.74, 6) is 0.735. The molecule has 3 rings (SSSR count). The van der Waals surface area contributed by atoms with Gasteiger partial charge in [-0.05, 0) is 43.6 Å². The molecule has 2 N–H and O–H groups in total. The van der Waals surface area contributed by atoms with Crippen LogP contribution in [-0.2, 0) is 0 Å². The van der Waals surface area contributed by atoms with Crippen molar-refractivity contribution in [2.75, 3.05) is 0 Å². The maximum atomic E-state index is 6.03. The molecule has 2 heterocycles. The Hall–Kier alpha value is -1.20. The van der Waals surface area contributed by atoms with Gasteiger partial charge in [-0.25, -0.2) is 9.97 Å². The summed E-state index contributed by atoms with van der Waals surface area (Å²) in [5, 5.41) is 2.10. The molecule has 1 saturated carbocycles. The minimum atomic E-state index is 0.255. The van der Waals surface area contributed by atoms with Gasteiger partial charge in [-0.1, -0.05) is 0 Å². The highest BCUT2D eigenvalue weighted by Crippen LogP contribution is 2.32. The molecule has 1 aliphatic carbocycles. The van der Waals surface area contributed by atoms with Crippen molar-refractivity contribution in [2.24, 2.45) is 5.73 Å². The molecule has 0 amide bonds. The summed E-state index contributed by atoms with van der Waals surface area (Å²) in [6.07, 6.45) is 5.98. The Balaban J connectivity index is 1.82. The van der Waals surface area contributed by atoms with Crippen molar-refractivity contribution >= 4 is 21.6 Å². The summed E-state index contributed by atoms with van der Waals surface area (Å²) in [5.41, 5.74) is 8.10. The molecule has 18 heavy (non-hydrogen) atoms. The lowest BCUT2D eigenvalue weighted by Crippen LogP contribution is -2.31. The van der Waals surface area contributed by atoms with Crippen LogP contribution in [0.5, 0.6) is 5.88 Å². The van der Waals surface area contributed by atoms with Gasteiger partial charge >= 0.3 is 0 Å². The Labute approximate surface area is 110 Å². The van der Waals surface area contributed by atoms with E-state index in [1.165, 1.54) is 5.56 Å². The first-order valence-electron chi connectivity index (χ1n) is 6.35. The van der Waals surface area contributed by atoms with Gasteiger partial charge < -0.3 is 10.5 Å². The smallest absolute Gasteiger partial charge is 0.235 e. The second-order valence-corrected chi connectivity index (χ2v) is 5.81. The zero-order chi connectivity index (χ0) is 12.5. The van der Waals surface area contributed by atoms with E-state index in [-0.39, 0.29) is 6.10 Å². The summed E-state index contributed by atoms with van der Waals surface area (Å²) in [4.78, 5) is 8.59. The SMILES string of the molecule is Cc1csc2c(OC3CCC(N)CC3)ncnc12. The third-order valence-electron chi connectivity index (χ3n) is 3.50.